The summed E-state index contributed by atoms with van der Waals surface area (Å²) in [5.41, 5.74) is -1.17. The number of hydrogen-bond acceptors (Lipinski definition) is 4. The van der Waals surface area contributed by atoms with Crippen LogP contribution in [0.2, 0.25) is 0 Å². The molecular formula is C20H21F3N2O4. The molecule has 0 aliphatic carbocycles. The van der Waals surface area contributed by atoms with E-state index in [-0.39, 0.29) is 17.0 Å². The zero-order valence-electron chi connectivity index (χ0n) is 16.3. The van der Waals surface area contributed by atoms with Gasteiger partial charge in [-0.1, -0.05) is 6.07 Å². The largest absolute Gasteiger partial charge is 0.494 e. The first-order chi connectivity index (χ1) is 13.4. The van der Waals surface area contributed by atoms with Crippen LogP contribution < -0.4 is 15.4 Å². The topological polar surface area (TPSA) is 76.7 Å². The second-order valence-electron chi connectivity index (χ2n) is 7.07. The second kappa shape index (κ2) is 8.42. The van der Waals surface area contributed by atoms with Crippen molar-refractivity contribution < 1.29 is 32.2 Å². The van der Waals surface area contributed by atoms with Gasteiger partial charge in [0.2, 0.25) is 0 Å². The van der Waals surface area contributed by atoms with Crippen molar-refractivity contribution in [2.75, 3.05) is 17.7 Å². The van der Waals surface area contributed by atoms with Crippen molar-refractivity contribution in [3.05, 3.63) is 53.6 Å². The number of rotatable bonds is 4. The van der Waals surface area contributed by atoms with Crippen LogP contribution in [0.15, 0.2) is 42.5 Å². The monoisotopic (exact) mass is 410 g/mol. The van der Waals surface area contributed by atoms with Crippen molar-refractivity contribution in [3.8, 4) is 5.75 Å². The van der Waals surface area contributed by atoms with Gasteiger partial charge >= 0.3 is 12.3 Å². The smallest absolute Gasteiger partial charge is 0.416 e. The highest BCUT2D eigenvalue weighted by atomic mass is 19.4. The summed E-state index contributed by atoms with van der Waals surface area (Å²) in [5.74, 6) is -0.527. The Bertz CT molecular complexity index is 905. The van der Waals surface area contributed by atoms with Crippen LogP contribution in [-0.4, -0.2) is 24.7 Å². The first-order valence-electron chi connectivity index (χ1n) is 8.56. The maximum atomic E-state index is 12.8. The maximum absolute atomic E-state index is 12.8. The van der Waals surface area contributed by atoms with Crippen molar-refractivity contribution in [1.29, 1.82) is 0 Å². The Hall–Kier alpha value is -3.23. The zero-order valence-corrected chi connectivity index (χ0v) is 16.3. The highest BCUT2D eigenvalue weighted by molar-refractivity contribution is 6.05. The number of halogens is 3. The van der Waals surface area contributed by atoms with Gasteiger partial charge in [-0.25, -0.2) is 4.79 Å². The van der Waals surface area contributed by atoms with Crippen LogP contribution in [0.3, 0.4) is 0 Å². The first kappa shape index (κ1) is 22.1. The molecule has 0 heterocycles. The van der Waals surface area contributed by atoms with Gasteiger partial charge in [-0.2, -0.15) is 13.2 Å². The molecule has 2 aromatic rings. The molecule has 2 aromatic carbocycles. The highest BCUT2D eigenvalue weighted by Crippen LogP contribution is 2.31. The van der Waals surface area contributed by atoms with Crippen LogP contribution in [0.5, 0.6) is 5.75 Å². The molecule has 0 atom stereocenters. The number of carbonyl (C=O) groups is 2. The summed E-state index contributed by atoms with van der Waals surface area (Å²) in [6, 6.07) is 8.48. The lowest BCUT2D eigenvalue weighted by Gasteiger charge is -2.20. The minimum Gasteiger partial charge on any atom is -0.494 e. The van der Waals surface area contributed by atoms with Crippen molar-refractivity contribution in [1.82, 2.24) is 0 Å². The fraction of sp³-hybridized carbons (Fsp3) is 0.300. The third-order valence-corrected chi connectivity index (χ3v) is 3.55. The average molecular weight is 410 g/mol. The lowest BCUT2D eigenvalue weighted by Crippen LogP contribution is -2.27. The molecule has 0 bridgehead atoms. The molecule has 0 aromatic heterocycles. The standard InChI is InChI=1S/C20H21F3N2O4/c1-19(2,3)29-18(27)24-14-8-9-15(16(11-14)28-4)25-17(26)12-6-5-7-13(10-12)20(21,22)23/h5-11H,1-4H3,(H,24,27)(H,25,26). The molecular weight excluding hydrogens is 389 g/mol. The molecule has 0 saturated heterocycles. The molecule has 2 N–H and O–H groups in total. The van der Waals surface area contributed by atoms with Gasteiger partial charge in [0, 0.05) is 17.3 Å². The lowest BCUT2D eigenvalue weighted by molar-refractivity contribution is -0.137. The van der Waals surface area contributed by atoms with Crippen molar-refractivity contribution in [3.63, 3.8) is 0 Å². The van der Waals surface area contributed by atoms with E-state index in [1.54, 1.807) is 20.8 Å². The van der Waals surface area contributed by atoms with E-state index in [0.29, 0.717) is 5.69 Å². The van der Waals surface area contributed by atoms with Crippen LogP contribution in [0.25, 0.3) is 0 Å². The fourth-order valence-corrected chi connectivity index (χ4v) is 2.32. The summed E-state index contributed by atoms with van der Waals surface area (Å²) >= 11 is 0. The van der Waals surface area contributed by atoms with Crippen LogP contribution in [0.4, 0.5) is 29.3 Å². The van der Waals surface area contributed by atoms with E-state index in [1.165, 1.54) is 31.4 Å². The van der Waals surface area contributed by atoms with Gasteiger partial charge < -0.3 is 14.8 Å². The number of amides is 2. The van der Waals surface area contributed by atoms with Crippen LogP contribution in [0.1, 0.15) is 36.7 Å². The molecule has 0 saturated carbocycles. The number of benzene rings is 2. The van der Waals surface area contributed by atoms with E-state index >= 15 is 0 Å². The summed E-state index contributed by atoms with van der Waals surface area (Å²) in [5, 5.41) is 5.03. The van der Waals surface area contributed by atoms with Gasteiger partial charge in [-0.15, -0.1) is 0 Å². The first-order valence-corrected chi connectivity index (χ1v) is 8.56. The third-order valence-electron chi connectivity index (χ3n) is 3.55. The van der Waals surface area contributed by atoms with Crippen molar-refractivity contribution in [2.24, 2.45) is 0 Å². The summed E-state index contributed by atoms with van der Waals surface area (Å²) in [4.78, 5) is 24.2. The van der Waals surface area contributed by atoms with Crippen LogP contribution in [0, 0.1) is 0 Å². The van der Waals surface area contributed by atoms with E-state index in [9.17, 15) is 22.8 Å². The molecule has 0 fully saturated rings. The molecule has 29 heavy (non-hydrogen) atoms. The molecule has 156 valence electrons. The van der Waals surface area contributed by atoms with Gasteiger partial charge in [-0.3, -0.25) is 10.1 Å². The molecule has 6 nitrogen and oxygen atoms in total. The minimum atomic E-state index is -4.55. The molecule has 0 spiro atoms. The Balaban J connectivity index is 2.17. The van der Waals surface area contributed by atoms with Gasteiger partial charge in [0.05, 0.1) is 18.4 Å². The number of methoxy groups -OCH3 is 1. The number of alkyl halides is 3. The fourth-order valence-electron chi connectivity index (χ4n) is 2.32. The Morgan fingerprint density at radius 2 is 1.66 bits per heavy atom. The highest BCUT2D eigenvalue weighted by Gasteiger charge is 2.31. The zero-order chi connectivity index (χ0) is 21.8. The van der Waals surface area contributed by atoms with Gasteiger partial charge in [0.15, 0.2) is 0 Å². The molecule has 2 rings (SSSR count). The second-order valence-corrected chi connectivity index (χ2v) is 7.07. The van der Waals surface area contributed by atoms with Gasteiger partial charge in [0.25, 0.3) is 5.91 Å². The summed E-state index contributed by atoms with van der Waals surface area (Å²) in [7, 11) is 1.35. The summed E-state index contributed by atoms with van der Waals surface area (Å²) < 4.78 is 48.8. The Kier molecular flexibility index (Phi) is 6.41. The molecule has 9 heteroatoms. The number of hydrogen-bond donors (Lipinski definition) is 2. The SMILES string of the molecule is COc1cc(NC(=O)OC(C)(C)C)ccc1NC(=O)c1cccc(C(F)(F)F)c1. The van der Waals surface area contributed by atoms with E-state index in [4.69, 9.17) is 9.47 Å². The molecule has 0 aliphatic heterocycles. The number of ether oxygens (including phenoxy) is 2. The maximum Gasteiger partial charge on any atom is 0.416 e. The predicted octanol–water partition coefficient (Wildman–Crippen LogP) is 5.31. The van der Waals surface area contributed by atoms with Gasteiger partial charge in [-0.05, 0) is 51.1 Å². The van der Waals surface area contributed by atoms with Crippen molar-refractivity contribution >= 4 is 23.4 Å². The van der Waals surface area contributed by atoms with E-state index in [2.05, 4.69) is 10.6 Å². The predicted molar refractivity (Wildman–Crippen MR) is 102 cm³/mol. The number of anilines is 2. The third kappa shape index (κ3) is 6.41. The lowest BCUT2D eigenvalue weighted by atomic mass is 10.1. The number of nitrogens with one attached hydrogen (secondary N) is 2. The van der Waals surface area contributed by atoms with E-state index in [1.807, 2.05) is 0 Å². The van der Waals surface area contributed by atoms with Crippen LogP contribution >= 0.6 is 0 Å². The molecule has 2 amide bonds. The Morgan fingerprint density at radius 1 is 0.966 bits per heavy atom. The van der Waals surface area contributed by atoms with E-state index < -0.39 is 29.3 Å². The molecule has 0 unspecified atom stereocenters. The molecule has 0 aliphatic rings. The minimum absolute atomic E-state index is 0.155. The quantitative estimate of drug-likeness (QED) is 0.716. The van der Waals surface area contributed by atoms with Gasteiger partial charge in [0.1, 0.15) is 11.4 Å². The summed E-state index contributed by atoms with van der Waals surface area (Å²) in [6.07, 6.45) is -5.22. The average Bonchev–Trinajstić information content (AvgIpc) is 2.60. The van der Waals surface area contributed by atoms with Crippen LogP contribution in [-0.2, 0) is 10.9 Å². The number of carbonyl (C=O) groups excluding carboxylic acids is 2. The molecule has 0 radical (unpaired) electrons. The van der Waals surface area contributed by atoms with Crippen molar-refractivity contribution in [2.45, 2.75) is 32.5 Å². The Morgan fingerprint density at radius 3 is 2.24 bits per heavy atom. The Labute approximate surface area is 166 Å². The summed E-state index contributed by atoms with van der Waals surface area (Å²) in [6.45, 7) is 5.17. The normalized spacial score (nSPS) is 11.6. The van der Waals surface area contributed by atoms with E-state index in [0.717, 1.165) is 18.2 Å².